The smallest absolute Gasteiger partial charge is 0.313 e. The highest BCUT2D eigenvalue weighted by atomic mass is 32.2. The highest BCUT2D eigenvalue weighted by Gasteiger charge is 2.59. The summed E-state index contributed by atoms with van der Waals surface area (Å²) in [5.74, 6) is -0.552. The van der Waals surface area contributed by atoms with Crippen LogP contribution < -0.4 is 4.90 Å². The SMILES string of the molecule is CCS(=O)(=O)N1C[C@@H]2CN(c3ncnc4[nH]ccc34)C[C@]2(C(=O)O)C1. The van der Waals surface area contributed by atoms with Crippen LogP contribution in [0, 0.1) is 11.3 Å². The number of sulfonamides is 1. The summed E-state index contributed by atoms with van der Waals surface area (Å²) in [4.78, 5) is 25.5. The monoisotopic (exact) mass is 365 g/mol. The molecule has 25 heavy (non-hydrogen) atoms. The fourth-order valence-electron chi connectivity index (χ4n) is 3.99. The number of aliphatic carboxylic acids is 1. The average Bonchev–Trinajstić information content (AvgIpc) is 3.26. The van der Waals surface area contributed by atoms with Crippen LogP contribution in [0.1, 0.15) is 6.92 Å². The fourth-order valence-corrected chi connectivity index (χ4v) is 5.19. The number of nitrogens with zero attached hydrogens (tertiary/aromatic N) is 4. The Bertz CT molecular complexity index is 942. The molecule has 4 heterocycles. The number of carboxylic acid groups (broad SMARTS) is 1. The van der Waals surface area contributed by atoms with Gasteiger partial charge in [-0.2, -0.15) is 0 Å². The maximum Gasteiger partial charge on any atom is 0.313 e. The van der Waals surface area contributed by atoms with Gasteiger partial charge in [-0.3, -0.25) is 4.79 Å². The number of aromatic amines is 1. The quantitative estimate of drug-likeness (QED) is 0.790. The van der Waals surface area contributed by atoms with Crippen LogP contribution in [0.4, 0.5) is 5.82 Å². The van der Waals surface area contributed by atoms with Crippen molar-refractivity contribution in [3.8, 4) is 0 Å². The van der Waals surface area contributed by atoms with E-state index in [0.29, 0.717) is 18.0 Å². The topological polar surface area (TPSA) is 119 Å². The number of rotatable bonds is 4. The third kappa shape index (κ3) is 2.31. The highest BCUT2D eigenvalue weighted by molar-refractivity contribution is 7.89. The molecule has 134 valence electrons. The van der Waals surface area contributed by atoms with Crippen LogP contribution in [0.5, 0.6) is 0 Å². The zero-order valence-corrected chi connectivity index (χ0v) is 14.5. The maximum absolute atomic E-state index is 12.2. The van der Waals surface area contributed by atoms with E-state index >= 15 is 0 Å². The lowest BCUT2D eigenvalue weighted by Crippen LogP contribution is -2.42. The summed E-state index contributed by atoms with van der Waals surface area (Å²) in [6.45, 7) is 2.52. The van der Waals surface area contributed by atoms with Crippen LogP contribution >= 0.6 is 0 Å². The van der Waals surface area contributed by atoms with Crippen molar-refractivity contribution >= 4 is 32.8 Å². The molecule has 0 bridgehead atoms. The summed E-state index contributed by atoms with van der Waals surface area (Å²) in [6, 6.07) is 1.86. The molecule has 9 nitrogen and oxygen atoms in total. The molecular weight excluding hydrogens is 346 g/mol. The van der Waals surface area contributed by atoms with Crippen LogP contribution in [0.2, 0.25) is 0 Å². The minimum absolute atomic E-state index is 0.0149. The molecule has 2 N–H and O–H groups in total. The minimum Gasteiger partial charge on any atom is -0.481 e. The van der Waals surface area contributed by atoms with Crippen LogP contribution in [0.3, 0.4) is 0 Å². The zero-order valence-electron chi connectivity index (χ0n) is 13.7. The number of anilines is 1. The molecule has 2 atom stereocenters. The second-order valence-corrected chi connectivity index (χ2v) is 8.93. The minimum atomic E-state index is -3.40. The van der Waals surface area contributed by atoms with Gasteiger partial charge in [0.1, 0.15) is 23.2 Å². The van der Waals surface area contributed by atoms with Crippen molar-refractivity contribution in [3.05, 3.63) is 18.6 Å². The van der Waals surface area contributed by atoms with E-state index in [0.717, 1.165) is 5.39 Å². The van der Waals surface area contributed by atoms with Crippen molar-refractivity contribution < 1.29 is 18.3 Å². The highest BCUT2D eigenvalue weighted by Crippen LogP contribution is 2.45. The van der Waals surface area contributed by atoms with E-state index in [-0.39, 0.29) is 31.3 Å². The number of hydrogen-bond acceptors (Lipinski definition) is 6. The Morgan fingerprint density at radius 1 is 1.40 bits per heavy atom. The Labute approximate surface area is 144 Å². The average molecular weight is 365 g/mol. The molecule has 0 aromatic carbocycles. The summed E-state index contributed by atoms with van der Waals surface area (Å²) in [5.41, 5.74) is -0.405. The van der Waals surface area contributed by atoms with Crippen LogP contribution in [-0.2, 0) is 14.8 Å². The Morgan fingerprint density at radius 3 is 2.88 bits per heavy atom. The van der Waals surface area contributed by atoms with Gasteiger partial charge in [0, 0.05) is 38.3 Å². The van der Waals surface area contributed by atoms with E-state index in [1.54, 1.807) is 13.1 Å². The Hall–Kier alpha value is -2.20. The molecule has 0 aliphatic carbocycles. The fraction of sp³-hybridized carbons (Fsp3) is 0.533. The summed E-state index contributed by atoms with van der Waals surface area (Å²) in [5, 5.41) is 10.7. The lowest BCUT2D eigenvalue weighted by atomic mass is 9.81. The molecule has 0 unspecified atom stereocenters. The van der Waals surface area contributed by atoms with Gasteiger partial charge < -0.3 is 15.0 Å². The predicted octanol–water partition coefficient (Wildman–Crippen LogP) is 0.130. The first-order valence-electron chi connectivity index (χ1n) is 8.11. The van der Waals surface area contributed by atoms with E-state index < -0.39 is 21.4 Å². The largest absolute Gasteiger partial charge is 0.481 e. The van der Waals surface area contributed by atoms with E-state index in [1.807, 2.05) is 11.0 Å². The van der Waals surface area contributed by atoms with E-state index in [4.69, 9.17) is 0 Å². The second-order valence-electron chi connectivity index (χ2n) is 6.67. The van der Waals surface area contributed by atoms with Gasteiger partial charge in [-0.1, -0.05) is 0 Å². The van der Waals surface area contributed by atoms with Gasteiger partial charge in [0.25, 0.3) is 0 Å². The van der Waals surface area contributed by atoms with Crippen LogP contribution in [0.15, 0.2) is 18.6 Å². The van der Waals surface area contributed by atoms with E-state index in [1.165, 1.54) is 10.6 Å². The number of hydrogen-bond donors (Lipinski definition) is 2. The van der Waals surface area contributed by atoms with Crippen molar-refractivity contribution in [1.29, 1.82) is 0 Å². The molecule has 4 rings (SSSR count). The maximum atomic E-state index is 12.2. The molecule has 2 aromatic heterocycles. The summed E-state index contributed by atoms with van der Waals surface area (Å²) >= 11 is 0. The molecule has 0 radical (unpaired) electrons. The number of fused-ring (bicyclic) bond motifs is 2. The molecule has 2 aliphatic rings. The third-order valence-corrected chi connectivity index (χ3v) is 7.19. The molecule has 2 fully saturated rings. The van der Waals surface area contributed by atoms with Crippen molar-refractivity contribution in [2.75, 3.05) is 36.8 Å². The number of H-pyrrole nitrogens is 1. The number of nitrogens with one attached hydrogen (secondary N) is 1. The number of aromatic nitrogens is 3. The van der Waals surface area contributed by atoms with Crippen molar-refractivity contribution in [1.82, 2.24) is 19.3 Å². The van der Waals surface area contributed by atoms with Crippen LogP contribution in [-0.4, -0.2) is 70.7 Å². The third-order valence-electron chi connectivity index (χ3n) is 5.39. The van der Waals surface area contributed by atoms with E-state index in [9.17, 15) is 18.3 Å². The van der Waals surface area contributed by atoms with Gasteiger partial charge in [-0.25, -0.2) is 22.7 Å². The van der Waals surface area contributed by atoms with Crippen molar-refractivity contribution in [2.45, 2.75) is 6.92 Å². The first kappa shape index (κ1) is 16.3. The Kier molecular flexibility index (Phi) is 3.51. The number of carbonyl (C=O) groups is 1. The molecule has 2 aliphatic heterocycles. The van der Waals surface area contributed by atoms with Gasteiger partial charge in [-0.05, 0) is 13.0 Å². The van der Waals surface area contributed by atoms with Gasteiger partial charge in [0.15, 0.2) is 0 Å². The lowest BCUT2D eigenvalue weighted by molar-refractivity contribution is -0.148. The van der Waals surface area contributed by atoms with Crippen molar-refractivity contribution in [3.63, 3.8) is 0 Å². The first-order valence-corrected chi connectivity index (χ1v) is 9.72. The van der Waals surface area contributed by atoms with E-state index in [2.05, 4.69) is 15.0 Å². The summed E-state index contributed by atoms with van der Waals surface area (Å²) in [7, 11) is -3.40. The molecule has 2 saturated heterocycles. The second kappa shape index (κ2) is 5.40. The van der Waals surface area contributed by atoms with Gasteiger partial charge >= 0.3 is 5.97 Å². The normalized spacial score (nSPS) is 27.1. The molecular formula is C15H19N5O4S. The standard InChI is InChI=1S/C15H19N5O4S/c1-2-25(23,24)20-6-10-5-19(7-15(10,8-20)14(21)22)13-11-3-4-16-12(11)17-9-18-13/h3-4,9-10H,2,5-8H2,1H3,(H,21,22)(H,16,17,18)/t10-,15-/m0/s1. The Morgan fingerprint density at radius 2 is 2.20 bits per heavy atom. The molecule has 0 amide bonds. The molecule has 2 aromatic rings. The van der Waals surface area contributed by atoms with Crippen LogP contribution in [0.25, 0.3) is 11.0 Å². The Balaban J connectivity index is 1.69. The van der Waals surface area contributed by atoms with Gasteiger partial charge in [0.2, 0.25) is 10.0 Å². The molecule has 0 spiro atoms. The van der Waals surface area contributed by atoms with Gasteiger partial charge in [-0.15, -0.1) is 0 Å². The summed E-state index contributed by atoms with van der Waals surface area (Å²) < 4.78 is 25.7. The summed E-state index contributed by atoms with van der Waals surface area (Å²) in [6.07, 6.45) is 3.21. The first-order chi connectivity index (χ1) is 11.9. The zero-order chi connectivity index (χ0) is 17.8. The molecule has 0 saturated carbocycles. The van der Waals surface area contributed by atoms with Crippen molar-refractivity contribution in [2.24, 2.45) is 11.3 Å². The molecule has 10 heteroatoms. The number of carboxylic acids is 1. The van der Waals surface area contributed by atoms with Gasteiger partial charge in [0.05, 0.1) is 11.1 Å². The predicted molar refractivity (Wildman–Crippen MR) is 90.7 cm³/mol. The lowest BCUT2D eigenvalue weighted by Gasteiger charge is -2.25.